The topological polar surface area (TPSA) is 27.7 Å². The Bertz CT molecular complexity index is 1850. The third-order valence-corrected chi connectivity index (χ3v) is 99.2. The van der Waals surface area contributed by atoms with E-state index < -0.39 is 61.2 Å². The van der Waals surface area contributed by atoms with E-state index in [-0.39, 0.29) is 28.1 Å². The van der Waals surface area contributed by atoms with Gasteiger partial charge in [0.2, 0.25) is 0 Å². The number of hydrogen-bond acceptors (Lipinski definition) is 3. The van der Waals surface area contributed by atoms with Crippen molar-refractivity contribution in [1.29, 1.82) is 0 Å². The molecule has 11 heteroatoms. The van der Waals surface area contributed by atoms with Crippen LogP contribution < -0.4 is 0 Å². The first-order chi connectivity index (χ1) is 29.2. The fourth-order valence-electron chi connectivity index (χ4n) is 20.1. The Kier molecular flexibility index (Phi) is 12.8. The second-order valence-corrected chi connectivity index (χ2v) is 93.0. The molecular weight excluding hydrogens is 909 g/mol. The molecule has 1 aliphatic heterocycles. The standard InChI is InChI=1S/C53H98O3Si8/c1-39-47(64(61(15,16)17,62(18,19)20)50(55-57(3,4)5)51-32-40-26-41(33-51)28-42(27-40)34-51)38-63(59(9,10)11,60(12,13)14)53(56-58(6,7)8,48(49(39)54-2)46-24-22-21-23-25-46)52-35-43-29-44(36-52)31-45(30-43)37-52/h21-25,38,40-45,48-50H,1,26-37H2,2-20H3. The van der Waals surface area contributed by atoms with E-state index >= 15 is 0 Å². The highest BCUT2D eigenvalue weighted by molar-refractivity contribution is 7.74. The molecule has 3 nitrogen and oxygen atoms in total. The smallest absolute Gasteiger partial charge is 0.184 e. The van der Waals surface area contributed by atoms with Crippen LogP contribution >= 0.6 is 0 Å². The Morgan fingerprint density at radius 3 is 1.33 bits per heavy atom. The van der Waals surface area contributed by atoms with E-state index in [0.29, 0.717) is 5.73 Å². The summed E-state index contributed by atoms with van der Waals surface area (Å²) in [4.78, 5) is 0. The monoisotopic (exact) mass is 1010 g/mol. The fourth-order valence-corrected chi connectivity index (χ4v) is 126. The van der Waals surface area contributed by atoms with Gasteiger partial charge in [-0.3, -0.25) is 0 Å². The zero-order valence-electron chi connectivity index (χ0n) is 45.1. The van der Waals surface area contributed by atoms with Crippen LogP contribution in [0.4, 0.5) is 0 Å². The summed E-state index contributed by atoms with van der Waals surface area (Å²) in [5.74, 6) is 5.28. The molecule has 9 aliphatic rings. The molecule has 4 atom stereocenters. The molecule has 64 heavy (non-hydrogen) atoms. The van der Waals surface area contributed by atoms with Gasteiger partial charge in [-0.25, -0.2) is 0 Å². The molecule has 1 aromatic rings. The van der Waals surface area contributed by atoms with Crippen molar-refractivity contribution in [3.8, 4) is 0 Å². The minimum atomic E-state index is -2.76. The van der Waals surface area contributed by atoms with Crippen molar-refractivity contribution in [2.24, 2.45) is 46.3 Å². The van der Waals surface area contributed by atoms with Crippen LogP contribution in [0, 0.1) is 46.3 Å². The largest absolute Gasteiger partial charge is 0.417 e. The van der Waals surface area contributed by atoms with Gasteiger partial charge < -0.3 is 13.6 Å². The van der Waals surface area contributed by atoms with Gasteiger partial charge in [0.15, 0.2) is 16.6 Å². The van der Waals surface area contributed by atoms with Crippen molar-refractivity contribution in [1.82, 2.24) is 0 Å². The van der Waals surface area contributed by atoms with Crippen LogP contribution in [0.2, 0.25) is 118 Å². The van der Waals surface area contributed by atoms with Crippen molar-refractivity contribution >= 4 is 61.2 Å². The van der Waals surface area contributed by atoms with Crippen LogP contribution in [0.5, 0.6) is 0 Å². The Labute approximate surface area is 402 Å². The molecule has 0 saturated heterocycles. The molecule has 8 saturated carbocycles. The number of ether oxygens (including phenoxy) is 1. The summed E-state index contributed by atoms with van der Waals surface area (Å²) in [7, 11) is -16.1. The van der Waals surface area contributed by atoms with Crippen LogP contribution in [0.1, 0.15) is 88.5 Å². The highest BCUT2D eigenvalue weighted by Crippen LogP contribution is 2.73. The Morgan fingerprint density at radius 1 is 0.578 bits per heavy atom. The van der Waals surface area contributed by atoms with E-state index in [2.05, 4.69) is 161 Å². The van der Waals surface area contributed by atoms with E-state index in [4.69, 9.17) is 20.2 Å². The molecule has 0 aromatic heterocycles. The lowest BCUT2D eigenvalue weighted by Gasteiger charge is -2.74. The van der Waals surface area contributed by atoms with E-state index in [0.717, 1.165) is 35.5 Å². The lowest BCUT2D eigenvalue weighted by atomic mass is 9.46. The fraction of sp³-hybridized carbons (Fsp3) is 0.811. The van der Waals surface area contributed by atoms with Crippen LogP contribution in [-0.4, -0.2) is 85.4 Å². The summed E-state index contributed by atoms with van der Waals surface area (Å²) in [6.45, 7) is 55.8. The van der Waals surface area contributed by atoms with Crippen LogP contribution in [0.3, 0.4) is 0 Å². The van der Waals surface area contributed by atoms with Gasteiger partial charge in [-0.2, -0.15) is 0 Å². The molecular formula is C53H98O3Si8. The second-order valence-electron chi connectivity index (χ2n) is 30.3. The molecule has 0 amide bonds. The van der Waals surface area contributed by atoms with Gasteiger partial charge in [-0.05, 0) is 174 Å². The Hall–Kier alpha value is 0.315. The van der Waals surface area contributed by atoms with Crippen LogP contribution in [-0.2, 0) is 13.6 Å². The Balaban J connectivity index is 1.60. The summed E-state index contributed by atoms with van der Waals surface area (Å²) in [5, 5.41) is 1.55. The maximum atomic E-state index is 9.04. The van der Waals surface area contributed by atoms with Gasteiger partial charge in [0.1, 0.15) is 14.2 Å². The first-order valence-electron chi connectivity index (χ1n) is 26.6. The summed E-state index contributed by atoms with van der Waals surface area (Å²) < 4.78 is 25.1. The number of benzene rings is 1. The lowest BCUT2D eigenvalue weighted by molar-refractivity contribution is -0.155. The first-order valence-corrected chi connectivity index (χ1v) is 55.6. The third kappa shape index (κ3) is 7.71. The molecule has 4 unspecified atom stereocenters. The predicted molar refractivity (Wildman–Crippen MR) is 299 cm³/mol. The number of rotatable bonds is 14. The Morgan fingerprint density at radius 2 is 0.984 bits per heavy atom. The summed E-state index contributed by atoms with van der Waals surface area (Å²) >= 11 is 0. The highest BCUT2D eigenvalue weighted by atomic mass is 29.6. The average Bonchev–Trinajstić information content (AvgIpc) is 3.20. The van der Waals surface area contributed by atoms with Crippen molar-refractivity contribution in [3.05, 3.63) is 58.9 Å². The third-order valence-electron chi connectivity index (χ3n) is 19.7. The second kappa shape index (κ2) is 16.2. The SMILES string of the molecule is C=C1C([Si](C(O[Si](C)(C)C)C23CC4CC(CC(C4)C2)C3)([Si](C)(C)C)[Si](C)(C)C)=C[Si]([Si](C)(C)C)([Si](C)(C)C)C(O[Si](C)(C)C)(C23CC4CC(CC(C4)C2)C3)C(c2ccccc2)C1OC. The van der Waals surface area contributed by atoms with Gasteiger partial charge in [-0.15, -0.1) is 0 Å². The molecule has 8 fully saturated rings. The summed E-state index contributed by atoms with van der Waals surface area (Å²) in [6.07, 6.45) is 17.0. The van der Waals surface area contributed by atoms with Crippen molar-refractivity contribution < 1.29 is 13.6 Å². The predicted octanol–water partition coefficient (Wildman–Crippen LogP) is 15.2. The molecule has 0 radical (unpaired) electrons. The lowest BCUT2D eigenvalue weighted by Crippen LogP contribution is -2.89. The van der Waals surface area contributed by atoms with Crippen molar-refractivity contribution in [3.63, 3.8) is 0 Å². The molecule has 10 rings (SSSR count). The zero-order valence-corrected chi connectivity index (χ0v) is 53.1. The molecule has 0 spiro atoms. The van der Waals surface area contributed by atoms with Crippen molar-refractivity contribution in [2.75, 3.05) is 7.11 Å². The maximum Gasteiger partial charge on any atom is 0.184 e. The normalized spacial score (nSPS) is 38.4. The minimum absolute atomic E-state index is 0.110. The van der Waals surface area contributed by atoms with E-state index in [9.17, 15) is 0 Å². The molecule has 360 valence electrons. The summed E-state index contributed by atoms with van der Waals surface area (Å²) in [5.41, 5.74) is 7.07. The average molecular weight is 1010 g/mol. The van der Waals surface area contributed by atoms with Gasteiger partial charge in [0.25, 0.3) is 0 Å². The molecule has 0 N–H and O–H groups in total. The summed E-state index contributed by atoms with van der Waals surface area (Å²) in [6, 6.07) is 12.1. The van der Waals surface area contributed by atoms with Gasteiger partial charge in [0, 0.05) is 49.1 Å². The van der Waals surface area contributed by atoms with Crippen molar-refractivity contribution in [2.45, 2.75) is 218 Å². The first kappa shape index (κ1) is 50.7. The number of hydrogen-bond donors (Lipinski definition) is 0. The van der Waals surface area contributed by atoms with E-state index in [1.165, 1.54) is 88.2 Å². The van der Waals surface area contributed by atoms with E-state index in [1.807, 2.05) is 5.20 Å². The van der Waals surface area contributed by atoms with E-state index in [1.54, 1.807) is 0 Å². The van der Waals surface area contributed by atoms with Crippen LogP contribution in [0.15, 0.2) is 53.4 Å². The molecule has 8 bridgehead atoms. The van der Waals surface area contributed by atoms with Gasteiger partial charge in [-0.1, -0.05) is 126 Å². The van der Waals surface area contributed by atoms with Crippen LogP contribution in [0.25, 0.3) is 0 Å². The van der Waals surface area contributed by atoms with Gasteiger partial charge >= 0.3 is 0 Å². The number of methoxy groups -OCH3 is 1. The quantitative estimate of drug-likeness (QED) is 0.174. The maximum absolute atomic E-state index is 9.04. The molecule has 1 heterocycles. The minimum Gasteiger partial charge on any atom is -0.417 e. The molecule has 8 aliphatic carbocycles. The van der Waals surface area contributed by atoms with Gasteiger partial charge in [0.05, 0.1) is 11.3 Å². The molecule has 1 aromatic carbocycles. The zero-order chi connectivity index (χ0) is 47.3. The highest BCUT2D eigenvalue weighted by Gasteiger charge is 2.80.